The number of carbonyl (C=O) groups is 2. The Morgan fingerprint density at radius 2 is 1.59 bits per heavy atom. The van der Waals surface area contributed by atoms with Crippen molar-refractivity contribution >= 4 is 22.7 Å². The van der Waals surface area contributed by atoms with Gasteiger partial charge in [-0.3, -0.25) is 9.59 Å². The highest BCUT2D eigenvalue weighted by Gasteiger charge is 2.31. The third-order valence-corrected chi connectivity index (χ3v) is 6.85. The van der Waals surface area contributed by atoms with Gasteiger partial charge in [0.25, 0.3) is 5.91 Å². The topological polar surface area (TPSA) is 74.9 Å². The summed E-state index contributed by atoms with van der Waals surface area (Å²) in [6.07, 6.45) is -2.00. The van der Waals surface area contributed by atoms with Gasteiger partial charge in [0.1, 0.15) is 12.3 Å². The summed E-state index contributed by atoms with van der Waals surface area (Å²) in [5.41, 5.74) is 2.16. The first-order valence-corrected chi connectivity index (χ1v) is 13.1. The number of H-pyrrole nitrogens is 1. The van der Waals surface area contributed by atoms with Crippen LogP contribution >= 0.6 is 0 Å². The van der Waals surface area contributed by atoms with Gasteiger partial charge in [0, 0.05) is 49.4 Å². The molecule has 0 saturated carbocycles. The lowest BCUT2D eigenvalue weighted by molar-refractivity contribution is -0.137. The summed E-state index contributed by atoms with van der Waals surface area (Å²) in [5.74, 6) is -0.152. The van der Waals surface area contributed by atoms with E-state index in [0.717, 1.165) is 46.3 Å². The fraction of sp³-hybridized carbons (Fsp3) is 0.290. The van der Waals surface area contributed by atoms with Crippen molar-refractivity contribution in [3.8, 4) is 5.75 Å². The average Bonchev–Trinajstić information content (AvgIpc) is 3.40. The van der Waals surface area contributed by atoms with Gasteiger partial charge < -0.3 is 24.3 Å². The second kappa shape index (κ2) is 13.4. The SMILES string of the molecule is COCCN(CC(=O)N(CCc1c[nH]c2ccccc12)Cc1ccc(OC)cc1)C(=O)c1ccc(C(F)(F)F)cc1. The number of halogens is 3. The number of ether oxygens (including phenoxy) is 2. The number of hydrogen-bond donors (Lipinski definition) is 1. The molecule has 0 aliphatic carbocycles. The lowest BCUT2D eigenvalue weighted by atomic mass is 10.1. The molecule has 0 fully saturated rings. The van der Waals surface area contributed by atoms with Gasteiger partial charge in [-0.05, 0) is 60.0 Å². The maximum atomic E-state index is 13.7. The zero-order valence-corrected chi connectivity index (χ0v) is 22.9. The molecule has 7 nitrogen and oxygen atoms in total. The first-order chi connectivity index (χ1) is 19.7. The molecule has 0 aliphatic rings. The second-order valence-corrected chi connectivity index (χ2v) is 9.57. The van der Waals surface area contributed by atoms with Crippen molar-refractivity contribution in [2.75, 3.05) is 40.5 Å². The highest BCUT2D eigenvalue weighted by molar-refractivity contribution is 5.96. The normalized spacial score (nSPS) is 11.4. The highest BCUT2D eigenvalue weighted by Crippen LogP contribution is 2.29. The van der Waals surface area contributed by atoms with Gasteiger partial charge in [0.05, 0.1) is 19.3 Å². The zero-order valence-electron chi connectivity index (χ0n) is 22.9. The maximum absolute atomic E-state index is 13.7. The van der Waals surface area contributed by atoms with Crippen LogP contribution in [0, 0.1) is 0 Å². The number of amides is 2. The molecule has 0 saturated heterocycles. The minimum Gasteiger partial charge on any atom is -0.497 e. The first-order valence-electron chi connectivity index (χ1n) is 13.1. The molecule has 216 valence electrons. The molecule has 3 aromatic carbocycles. The standard InChI is InChI=1S/C31H32F3N3O4/c1-40-18-17-37(30(39)23-9-11-25(12-10-23)31(32,33)34)21-29(38)36(20-22-7-13-26(41-2)14-8-22)16-15-24-19-35-28-6-4-3-5-27(24)28/h3-14,19,35H,15-18,20-21H2,1-2H3. The van der Waals surface area contributed by atoms with Gasteiger partial charge in [-0.25, -0.2) is 0 Å². The van der Waals surface area contributed by atoms with Gasteiger partial charge in [-0.1, -0.05) is 30.3 Å². The fourth-order valence-corrected chi connectivity index (χ4v) is 4.54. The van der Waals surface area contributed by atoms with Crippen LogP contribution in [0.25, 0.3) is 10.9 Å². The summed E-state index contributed by atoms with van der Waals surface area (Å²) in [7, 11) is 3.05. The van der Waals surface area contributed by atoms with Crippen LogP contribution < -0.4 is 4.74 Å². The van der Waals surface area contributed by atoms with Crippen molar-refractivity contribution in [2.45, 2.75) is 19.1 Å². The molecule has 0 atom stereocenters. The fourth-order valence-electron chi connectivity index (χ4n) is 4.54. The number of hydrogen-bond acceptors (Lipinski definition) is 4. The summed E-state index contributed by atoms with van der Waals surface area (Å²) in [6.45, 7) is 0.693. The Labute approximate surface area is 236 Å². The molecule has 1 aromatic heterocycles. The second-order valence-electron chi connectivity index (χ2n) is 9.57. The minimum absolute atomic E-state index is 0.0578. The lowest BCUT2D eigenvalue weighted by Crippen LogP contribution is -2.44. The number of fused-ring (bicyclic) bond motifs is 1. The molecule has 4 rings (SSSR count). The summed E-state index contributed by atoms with van der Waals surface area (Å²) >= 11 is 0. The van der Waals surface area contributed by atoms with Crippen molar-refractivity contribution in [1.82, 2.24) is 14.8 Å². The molecule has 4 aromatic rings. The number of aromatic nitrogens is 1. The third-order valence-electron chi connectivity index (χ3n) is 6.85. The molecular weight excluding hydrogens is 535 g/mol. The molecule has 1 heterocycles. The zero-order chi connectivity index (χ0) is 29.4. The summed E-state index contributed by atoms with van der Waals surface area (Å²) in [6, 6.07) is 19.3. The van der Waals surface area contributed by atoms with E-state index in [4.69, 9.17) is 9.47 Å². The number of carbonyl (C=O) groups excluding carboxylic acids is 2. The van der Waals surface area contributed by atoms with Crippen molar-refractivity contribution in [3.05, 3.63) is 101 Å². The number of nitrogens with zero attached hydrogens (tertiary/aromatic N) is 2. The van der Waals surface area contributed by atoms with Crippen LogP contribution in [0.15, 0.2) is 79.0 Å². The molecule has 0 spiro atoms. The Bertz CT molecular complexity index is 1450. The van der Waals surface area contributed by atoms with E-state index in [0.29, 0.717) is 25.3 Å². The van der Waals surface area contributed by atoms with Crippen LogP contribution in [0.1, 0.15) is 27.0 Å². The number of aromatic amines is 1. The van der Waals surface area contributed by atoms with Crippen LogP contribution in [-0.2, 0) is 28.7 Å². The van der Waals surface area contributed by atoms with E-state index < -0.39 is 17.6 Å². The van der Waals surface area contributed by atoms with Gasteiger partial charge in [-0.2, -0.15) is 13.2 Å². The van der Waals surface area contributed by atoms with Gasteiger partial charge in [-0.15, -0.1) is 0 Å². The van der Waals surface area contributed by atoms with Crippen LogP contribution in [0.3, 0.4) is 0 Å². The first kappa shape index (κ1) is 29.7. The van der Waals surface area contributed by atoms with E-state index in [-0.39, 0.29) is 31.2 Å². The van der Waals surface area contributed by atoms with Crippen molar-refractivity contribution in [3.63, 3.8) is 0 Å². The van der Waals surface area contributed by atoms with E-state index in [1.807, 2.05) is 54.7 Å². The van der Waals surface area contributed by atoms with Crippen LogP contribution in [0.4, 0.5) is 13.2 Å². The predicted molar refractivity (Wildman–Crippen MR) is 150 cm³/mol. The van der Waals surface area contributed by atoms with Crippen molar-refractivity contribution < 1.29 is 32.2 Å². The molecule has 0 aliphatic heterocycles. The summed E-state index contributed by atoms with van der Waals surface area (Å²) in [5, 5.41) is 1.07. The van der Waals surface area contributed by atoms with E-state index in [1.165, 1.54) is 12.0 Å². The Balaban J connectivity index is 1.54. The highest BCUT2D eigenvalue weighted by atomic mass is 19.4. The molecule has 2 amide bonds. The quantitative estimate of drug-likeness (QED) is 0.244. The van der Waals surface area contributed by atoms with Crippen molar-refractivity contribution in [2.24, 2.45) is 0 Å². The smallest absolute Gasteiger partial charge is 0.416 e. The number of para-hydroxylation sites is 1. The molecule has 0 bridgehead atoms. The van der Waals surface area contributed by atoms with Gasteiger partial charge in [0.2, 0.25) is 5.91 Å². The third kappa shape index (κ3) is 7.67. The molecule has 41 heavy (non-hydrogen) atoms. The number of benzene rings is 3. The number of nitrogens with one attached hydrogen (secondary N) is 1. The van der Waals surface area contributed by atoms with Gasteiger partial charge >= 0.3 is 6.18 Å². The average molecular weight is 568 g/mol. The number of rotatable bonds is 12. The number of methoxy groups -OCH3 is 2. The Morgan fingerprint density at radius 3 is 2.24 bits per heavy atom. The molecular formula is C31H32F3N3O4. The largest absolute Gasteiger partial charge is 0.497 e. The van der Waals surface area contributed by atoms with E-state index >= 15 is 0 Å². The minimum atomic E-state index is -4.51. The van der Waals surface area contributed by atoms with Crippen LogP contribution in [0.5, 0.6) is 5.75 Å². The Morgan fingerprint density at radius 1 is 0.878 bits per heavy atom. The van der Waals surface area contributed by atoms with Gasteiger partial charge in [0.15, 0.2) is 0 Å². The molecule has 10 heteroatoms. The molecule has 0 unspecified atom stereocenters. The summed E-state index contributed by atoms with van der Waals surface area (Å²) < 4.78 is 49.4. The van der Waals surface area contributed by atoms with E-state index in [9.17, 15) is 22.8 Å². The Hall–Kier alpha value is -4.31. The lowest BCUT2D eigenvalue weighted by Gasteiger charge is -2.28. The Kier molecular flexibility index (Phi) is 9.67. The van der Waals surface area contributed by atoms with E-state index in [2.05, 4.69) is 4.98 Å². The van der Waals surface area contributed by atoms with E-state index in [1.54, 1.807) is 12.0 Å². The number of alkyl halides is 3. The monoisotopic (exact) mass is 567 g/mol. The van der Waals surface area contributed by atoms with Crippen LogP contribution in [-0.4, -0.2) is 67.1 Å². The maximum Gasteiger partial charge on any atom is 0.416 e. The molecule has 0 radical (unpaired) electrons. The van der Waals surface area contributed by atoms with Crippen molar-refractivity contribution in [1.29, 1.82) is 0 Å². The molecule has 1 N–H and O–H groups in total. The summed E-state index contributed by atoms with van der Waals surface area (Å²) in [4.78, 5) is 33.2. The predicted octanol–water partition coefficient (Wildman–Crippen LogP) is 5.56. The van der Waals surface area contributed by atoms with Crippen LogP contribution in [0.2, 0.25) is 0 Å².